The molecule has 2 aromatic rings. The lowest BCUT2D eigenvalue weighted by molar-refractivity contribution is -0.111. The van der Waals surface area contributed by atoms with E-state index in [1.807, 2.05) is 31.2 Å². The molecule has 2 aromatic carbocycles. The normalized spacial score (nSPS) is 13.3. The third-order valence-corrected chi connectivity index (χ3v) is 3.59. The van der Waals surface area contributed by atoms with Gasteiger partial charge in [-0.15, -0.1) is 0 Å². The molecule has 0 aliphatic heterocycles. The Kier molecular flexibility index (Phi) is 4.99. The van der Waals surface area contributed by atoms with Gasteiger partial charge in [0.15, 0.2) is 0 Å². The number of hydrogen-bond acceptors (Lipinski definition) is 3. The number of benzene rings is 2. The Morgan fingerprint density at radius 1 is 1.05 bits per heavy atom. The van der Waals surface area contributed by atoms with E-state index in [4.69, 9.17) is 4.74 Å². The van der Waals surface area contributed by atoms with Crippen LogP contribution in [-0.2, 0) is 4.79 Å². The van der Waals surface area contributed by atoms with Gasteiger partial charge in [-0.25, -0.2) is 0 Å². The van der Waals surface area contributed by atoms with Crippen molar-refractivity contribution >= 4 is 12.0 Å². The molecule has 2 rings (SSSR count). The van der Waals surface area contributed by atoms with E-state index in [1.165, 1.54) is 5.56 Å². The first-order chi connectivity index (χ1) is 10.1. The summed E-state index contributed by atoms with van der Waals surface area (Å²) in [6, 6.07) is 15.9. The molecule has 0 bridgehead atoms. The van der Waals surface area contributed by atoms with Crippen LogP contribution in [-0.4, -0.2) is 13.4 Å². The van der Waals surface area contributed by atoms with Crippen LogP contribution in [0.15, 0.2) is 48.5 Å². The molecule has 0 fully saturated rings. The van der Waals surface area contributed by atoms with E-state index in [0.29, 0.717) is 0 Å². The predicted octanol–water partition coefficient (Wildman–Crippen LogP) is 3.99. The molecule has 110 valence electrons. The summed E-state index contributed by atoms with van der Waals surface area (Å²) < 4.78 is 5.16. The fraction of sp³-hybridized carbons (Fsp3) is 0.278. The number of hydrogen-bond donors (Lipinski definition) is 1. The summed E-state index contributed by atoms with van der Waals surface area (Å²) in [6.07, 6.45) is 0.987. The van der Waals surface area contributed by atoms with Gasteiger partial charge in [-0.3, -0.25) is 0 Å². The molecule has 0 unspecified atom stereocenters. The number of aryl methyl sites for hydroxylation is 1. The number of nitrogens with one attached hydrogen (secondary N) is 1. The van der Waals surface area contributed by atoms with Crippen LogP contribution in [0.25, 0.3) is 0 Å². The van der Waals surface area contributed by atoms with Crippen molar-refractivity contribution in [1.29, 1.82) is 0 Å². The van der Waals surface area contributed by atoms with E-state index in [-0.39, 0.29) is 12.0 Å². The topological polar surface area (TPSA) is 38.3 Å². The maximum Gasteiger partial charge on any atom is 0.125 e. The van der Waals surface area contributed by atoms with E-state index < -0.39 is 0 Å². The summed E-state index contributed by atoms with van der Waals surface area (Å²) in [5, 5.41) is 3.43. The Bertz CT molecular complexity index is 575. The van der Waals surface area contributed by atoms with Crippen LogP contribution in [0.2, 0.25) is 0 Å². The molecule has 0 aliphatic rings. The Balaban J connectivity index is 2.23. The second kappa shape index (κ2) is 6.93. The number of carbonyl (C=O) groups excluding carboxylic acids is 1. The minimum Gasteiger partial charge on any atom is -0.497 e. The van der Waals surface area contributed by atoms with Gasteiger partial charge in [-0.1, -0.05) is 36.8 Å². The van der Waals surface area contributed by atoms with Crippen LogP contribution in [0.1, 0.15) is 24.1 Å². The molecule has 0 aromatic heterocycles. The predicted molar refractivity (Wildman–Crippen MR) is 85.8 cm³/mol. The van der Waals surface area contributed by atoms with Gasteiger partial charge in [0.25, 0.3) is 0 Å². The van der Waals surface area contributed by atoms with Crippen molar-refractivity contribution in [3.63, 3.8) is 0 Å². The maximum atomic E-state index is 11.2. The Morgan fingerprint density at radius 2 is 1.67 bits per heavy atom. The molecule has 0 amide bonds. The second-order valence-electron chi connectivity index (χ2n) is 5.26. The molecule has 2 atom stereocenters. The van der Waals surface area contributed by atoms with Crippen LogP contribution < -0.4 is 10.1 Å². The highest BCUT2D eigenvalue weighted by Gasteiger charge is 2.18. The van der Waals surface area contributed by atoms with Gasteiger partial charge in [-0.05, 0) is 36.8 Å². The first-order valence-electron chi connectivity index (χ1n) is 7.06. The van der Waals surface area contributed by atoms with Gasteiger partial charge in [0.2, 0.25) is 0 Å². The summed E-state index contributed by atoms with van der Waals surface area (Å²) >= 11 is 0. The van der Waals surface area contributed by atoms with Crippen LogP contribution in [0, 0.1) is 12.8 Å². The number of methoxy groups -OCH3 is 1. The van der Waals surface area contributed by atoms with Crippen LogP contribution in [0.3, 0.4) is 0 Å². The lowest BCUT2D eigenvalue weighted by Gasteiger charge is -2.23. The van der Waals surface area contributed by atoms with Crippen molar-refractivity contribution in [2.75, 3.05) is 12.4 Å². The molecule has 0 heterocycles. The van der Waals surface area contributed by atoms with Gasteiger partial charge in [0, 0.05) is 11.6 Å². The Labute approximate surface area is 126 Å². The smallest absolute Gasteiger partial charge is 0.125 e. The minimum atomic E-state index is -0.116. The average molecular weight is 283 g/mol. The summed E-state index contributed by atoms with van der Waals surface area (Å²) in [6.45, 7) is 3.98. The molecule has 0 saturated carbocycles. The zero-order chi connectivity index (χ0) is 15.2. The van der Waals surface area contributed by atoms with E-state index in [1.54, 1.807) is 7.11 Å². The van der Waals surface area contributed by atoms with Gasteiger partial charge in [-0.2, -0.15) is 0 Å². The molecular formula is C18H21NO2. The number of ether oxygens (including phenoxy) is 1. The lowest BCUT2D eigenvalue weighted by atomic mass is 9.94. The van der Waals surface area contributed by atoms with E-state index in [0.717, 1.165) is 23.3 Å². The number of carbonyl (C=O) groups is 1. The lowest BCUT2D eigenvalue weighted by Crippen LogP contribution is -2.19. The van der Waals surface area contributed by atoms with Gasteiger partial charge in [0.05, 0.1) is 13.2 Å². The third-order valence-electron chi connectivity index (χ3n) is 3.59. The average Bonchev–Trinajstić information content (AvgIpc) is 2.53. The van der Waals surface area contributed by atoms with Crippen LogP contribution in [0.4, 0.5) is 5.69 Å². The zero-order valence-electron chi connectivity index (χ0n) is 12.7. The van der Waals surface area contributed by atoms with E-state index in [9.17, 15) is 4.79 Å². The highest BCUT2D eigenvalue weighted by Crippen LogP contribution is 2.27. The Hall–Kier alpha value is -2.29. The fourth-order valence-corrected chi connectivity index (χ4v) is 2.24. The number of anilines is 1. The van der Waals surface area contributed by atoms with Crippen molar-refractivity contribution in [1.82, 2.24) is 0 Å². The number of rotatable bonds is 6. The molecule has 0 spiro atoms. The van der Waals surface area contributed by atoms with Crippen LogP contribution >= 0.6 is 0 Å². The highest BCUT2D eigenvalue weighted by atomic mass is 16.5. The quantitative estimate of drug-likeness (QED) is 0.815. The molecule has 3 heteroatoms. The fourth-order valence-electron chi connectivity index (χ4n) is 2.24. The van der Waals surface area contributed by atoms with Gasteiger partial charge < -0.3 is 14.8 Å². The van der Waals surface area contributed by atoms with Crippen molar-refractivity contribution in [3.8, 4) is 5.75 Å². The molecule has 0 aliphatic carbocycles. The molecule has 21 heavy (non-hydrogen) atoms. The monoisotopic (exact) mass is 283 g/mol. The molecule has 3 nitrogen and oxygen atoms in total. The summed E-state index contributed by atoms with van der Waals surface area (Å²) in [7, 11) is 1.64. The van der Waals surface area contributed by atoms with E-state index in [2.05, 4.69) is 36.5 Å². The first kappa shape index (κ1) is 15.1. The highest BCUT2D eigenvalue weighted by molar-refractivity contribution is 5.58. The number of aldehydes is 1. The Morgan fingerprint density at radius 3 is 2.19 bits per heavy atom. The van der Waals surface area contributed by atoms with Crippen molar-refractivity contribution < 1.29 is 9.53 Å². The second-order valence-corrected chi connectivity index (χ2v) is 5.26. The van der Waals surface area contributed by atoms with Crippen molar-refractivity contribution in [3.05, 3.63) is 59.7 Å². The van der Waals surface area contributed by atoms with Crippen molar-refractivity contribution in [2.24, 2.45) is 5.92 Å². The zero-order valence-corrected chi connectivity index (χ0v) is 12.7. The summed E-state index contributed by atoms with van der Waals surface area (Å²) in [5.41, 5.74) is 3.28. The molecular weight excluding hydrogens is 262 g/mol. The SMILES string of the molecule is COc1ccc(N[C@H](c2ccc(C)cc2)[C@H](C)C=O)cc1. The maximum absolute atomic E-state index is 11.2. The molecule has 0 radical (unpaired) electrons. The third kappa shape index (κ3) is 3.85. The largest absolute Gasteiger partial charge is 0.497 e. The van der Waals surface area contributed by atoms with Gasteiger partial charge in [0.1, 0.15) is 12.0 Å². The standard InChI is InChI=1S/C18H21NO2/c1-13-4-6-15(7-5-13)18(14(2)12-20)19-16-8-10-17(21-3)11-9-16/h4-12,14,18-19H,1-3H3/t14-,18+/m1/s1. The molecule has 0 saturated heterocycles. The minimum absolute atomic E-state index is 0.0449. The van der Waals surface area contributed by atoms with Crippen molar-refractivity contribution in [2.45, 2.75) is 19.9 Å². The van der Waals surface area contributed by atoms with E-state index >= 15 is 0 Å². The molecule has 1 N–H and O–H groups in total. The first-order valence-corrected chi connectivity index (χ1v) is 7.06. The van der Waals surface area contributed by atoms with Gasteiger partial charge >= 0.3 is 0 Å². The van der Waals surface area contributed by atoms with Crippen LogP contribution in [0.5, 0.6) is 5.75 Å². The summed E-state index contributed by atoms with van der Waals surface area (Å²) in [5.74, 6) is 0.700. The summed E-state index contributed by atoms with van der Waals surface area (Å²) in [4.78, 5) is 11.2.